The van der Waals surface area contributed by atoms with E-state index in [0.717, 1.165) is 6.08 Å². The molecule has 0 radical (unpaired) electrons. The Hall–Kier alpha value is -1.46. The van der Waals surface area contributed by atoms with Crippen molar-refractivity contribution in [1.29, 1.82) is 0 Å². The molecule has 7 heteroatoms. The van der Waals surface area contributed by atoms with Crippen molar-refractivity contribution >= 4 is 30.4 Å². The summed E-state index contributed by atoms with van der Waals surface area (Å²) < 4.78 is 22.8. The molecule has 1 aromatic carbocycles. The lowest BCUT2D eigenvalue weighted by Crippen LogP contribution is -2.19. The van der Waals surface area contributed by atoms with E-state index >= 15 is 0 Å². The number of fused-ring (bicyclic) bond motifs is 1. The molecule has 1 aliphatic carbocycles. The molecule has 0 spiro atoms. The maximum Gasteiger partial charge on any atom is 0.326 e. The molecule has 17 heavy (non-hydrogen) atoms. The van der Waals surface area contributed by atoms with Gasteiger partial charge in [-0.2, -0.15) is 4.79 Å². The van der Waals surface area contributed by atoms with Gasteiger partial charge in [-0.05, 0) is 0 Å². The van der Waals surface area contributed by atoms with Gasteiger partial charge < -0.3 is 10.6 Å². The van der Waals surface area contributed by atoms with E-state index in [4.69, 9.17) is 16.2 Å². The summed E-state index contributed by atoms with van der Waals surface area (Å²) in [6, 6.07) is 6.34. The molecule has 0 aromatic heterocycles. The van der Waals surface area contributed by atoms with Crippen LogP contribution in [0.5, 0.6) is 0 Å². The zero-order valence-electron chi connectivity index (χ0n) is 8.41. The summed E-state index contributed by atoms with van der Waals surface area (Å²) in [6.45, 7) is 0. The number of aliphatic hydroxyl groups excluding tert-OH is 1. The highest BCUT2D eigenvalue weighted by molar-refractivity contribution is 8.21. The summed E-state index contributed by atoms with van der Waals surface area (Å²) in [5.74, 6) is 0. The van der Waals surface area contributed by atoms with Gasteiger partial charge in [0.2, 0.25) is 0 Å². The van der Waals surface area contributed by atoms with E-state index in [1.54, 1.807) is 18.2 Å². The van der Waals surface area contributed by atoms with E-state index in [1.165, 1.54) is 6.07 Å². The van der Waals surface area contributed by atoms with Crippen molar-refractivity contribution < 1.29 is 18.3 Å². The minimum atomic E-state index is -3.98. The summed E-state index contributed by atoms with van der Waals surface area (Å²) >= 11 is 0. The van der Waals surface area contributed by atoms with E-state index in [-0.39, 0.29) is 10.6 Å². The molecule has 1 aromatic rings. The Morgan fingerprint density at radius 3 is 2.59 bits per heavy atom. The summed E-state index contributed by atoms with van der Waals surface area (Å²) in [6.07, 6.45) is -0.117. The molecule has 1 N–H and O–H groups in total. The molecule has 1 atom stereocenters. The lowest BCUT2D eigenvalue weighted by atomic mass is 9.93. The molecular formula is C10H7ClN2O3S. The first kappa shape index (κ1) is 12.0. The highest BCUT2D eigenvalue weighted by atomic mass is 35.7. The van der Waals surface area contributed by atoms with Gasteiger partial charge in [-0.3, -0.25) is 0 Å². The number of hydrogen-bond donors (Lipinski definition) is 1. The summed E-state index contributed by atoms with van der Waals surface area (Å²) in [4.78, 5) is 2.67. The molecular weight excluding hydrogens is 264 g/mol. The Morgan fingerprint density at radius 2 is 2.00 bits per heavy atom. The normalized spacial score (nSPS) is 19.3. The molecule has 0 fully saturated rings. The predicted octanol–water partition coefficient (Wildman–Crippen LogP) is 1.31. The maximum absolute atomic E-state index is 11.4. The third-order valence-corrected chi connectivity index (χ3v) is 3.82. The van der Waals surface area contributed by atoms with Gasteiger partial charge in [-0.15, -0.1) is 0 Å². The van der Waals surface area contributed by atoms with E-state index in [1.807, 2.05) is 0 Å². The third-order valence-electron chi connectivity index (χ3n) is 2.46. The molecule has 1 aliphatic rings. The minimum Gasteiger partial charge on any atom is -0.376 e. The van der Waals surface area contributed by atoms with E-state index in [2.05, 4.69) is 4.79 Å². The SMILES string of the molecule is [N-]=[N+]=C1C=C(S(=O)(=O)Cl)c2ccccc2[C@H]1O. The van der Waals surface area contributed by atoms with Crippen molar-refractivity contribution in [3.05, 3.63) is 47.0 Å². The van der Waals surface area contributed by atoms with Crippen molar-refractivity contribution in [1.82, 2.24) is 0 Å². The van der Waals surface area contributed by atoms with Crippen LogP contribution in [0.1, 0.15) is 17.2 Å². The van der Waals surface area contributed by atoms with Crippen LogP contribution in [0.15, 0.2) is 30.3 Å². The van der Waals surface area contributed by atoms with Crippen molar-refractivity contribution in [2.75, 3.05) is 0 Å². The van der Waals surface area contributed by atoms with Crippen LogP contribution in [0.4, 0.5) is 0 Å². The summed E-state index contributed by atoms with van der Waals surface area (Å²) in [7, 11) is 1.32. The monoisotopic (exact) mass is 270 g/mol. The Labute approximate surface area is 102 Å². The average Bonchev–Trinajstić information content (AvgIpc) is 2.28. The fourth-order valence-electron chi connectivity index (χ4n) is 1.70. The van der Waals surface area contributed by atoms with Crippen LogP contribution in [-0.4, -0.2) is 24.0 Å². The van der Waals surface area contributed by atoms with Crippen molar-refractivity contribution in [3.8, 4) is 0 Å². The lowest BCUT2D eigenvalue weighted by Gasteiger charge is -2.16. The standard InChI is InChI=1S/C10H7ClN2O3S/c11-17(15,16)9-5-8(13-12)10(14)7-4-2-1-3-6(7)9/h1-5,10,14H/t10-/m1/s1. The zero-order valence-corrected chi connectivity index (χ0v) is 9.98. The van der Waals surface area contributed by atoms with Gasteiger partial charge in [0.25, 0.3) is 9.05 Å². The van der Waals surface area contributed by atoms with Gasteiger partial charge in [0.15, 0.2) is 6.10 Å². The second kappa shape index (κ2) is 4.09. The zero-order chi connectivity index (χ0) is 12.6. The smallest absolute Gasteiger partial charge is 0.326 e. The van der Waals surface area contributed by atoms with Gasteiger partial charge >= 0.3 is 5.71 Å². The largest absolute Gasteiger partial charge is 0.376 e. The molecule has 0 heterocycles. The van der Waals surface area contributed by atoms with Crippen molar-refractivity contribution in [2.45, 2.75) is 6.10 Å². The quantitative estimate of drug-likeness (QED) is 0.474. The molecule has 0 aliphatic heterocycles. The average molecular weight is 271 g/mol. The number of aliphatic hydroxyl groups is 1. The van der Waals surface area contributed by atoms with Crippen LogP contribution in [0.2, 0.25) is 0 Å². The molecule has 2 rings (SSSR count). The third kappa shape index (κ3) is 2.03. The molecule has 0 saturated heterocycles. The van der Waals surface area contributed by atoms with Crippen molar-refractivity contribution in [3.63, 3.8) is 0 Å². The number of hydrogen-bond acceptors (Lipinski definition) is 3. The van der Waals surface area contributed by atoms with Crippen LogP contribution in [0, 0.1) is 0 Å². The van der Waals surface area contributed by atoms with E-state index < -0.39 is 15.2 Å². The fourth-order valence-corrected chi connectivity index (χ4v) is 2.79. The Kier molecular flexibility index (Phi) is 2.89. The predicted molar refractivity (Wildman–Crippen MR) is 62.8 cm³/mol. The molecule has 0 bridgehead atoms. The number of rotatable bonds is 1. The van der Waals surface area contributed by atoms with E-state index in [0.29, 0.717) is 11.1 Å². The van der Waals surface area contributed by atoms with Crippen LogP contribution >= 0.6 is 10.7 Å². The highest BCUT2D eigenvalue weighted by Crippen LogP contribution is 2.35. The van der Waals surface area contributed by atoms with Crippen molar-refractivity contribution in [2.24, 2.45) is 0 Å². The lowest BCUT2D eigenvalue weighted by molar-refractivity contribution is -0.0188. The second-order valence-corrected chi connectivity index (χ2v) is 6.00. The summed E-state index contributed by atoms with van der Waals surface area (Å²) in [5, 5.41) is 9.83. The maximum atomic E-state index is 11.4. The first-order valence-electron chi connectivity index (χ1n) is 4.61. The number of nitrogens with zero attached hydrogens (tertiary/aromatic N) is 2. The Balaban J connectivity index is 2.80. The van der Waals surface area contributed by atoms with Crippen LogP contribution in [0.3, 0.4) is 0 Å². The number of benzene rings is 1. The van der Waals surface area contributed by atoms with Crippen LogP contribution in [0.25, 0.3) is 10.4 Å². The number of halogens is 1. The van der Waals surface area contributed by atoms with Gasteiger partial charge in [0.05, 0.1) is 4.91 Å². The Bertz CT molecular complexity index is 660. The minimum absolute atomic E-state index is 0.164. The van der Waals surface area contributed by atoms with Crippen LogP contribution in [-0.2, 0) is 9.05 Å². The Morgan fingerprint density at radius 1 is 1.35 bits per heavy atom. The molecule has 0 unspecified atom stereocenters. The molecule has 5 nitrogen and oxygen atoms in total. The van der Waals surface area contributed by atoms with Gasteiger partial charge in [-0.25, -0.2) is 8.42 Å². The van der Waals surface area contributed by atoms with E-state index in [9.17, 15) is 13.5 Å². The summed E-state index contributed by atoms with van der Waals surface area (Å²) in [5.41, 5.74) is 9.20. The fraction of sp³-hybridized carbons (Fsp3) is 0.100. The topological polar surface area (TPSA) is 90.8 Å². The van der Waals surface area contributed by atoms with Gasteiger partial charge in [-0.1, -0.05) is 24.3 Å². The van der Waals surface area contributed by atoms with Gasteiger partial charge in [0, 0.05) is 27.9 Å². The highest BCUT2D eigenvalue weighted by Gasteiger charge is 2.34. The molecule has 0 amide bonds. The first-order chi connectivity index (χ1) is 7.95. The van der Waals surface area contributed by atoms with Crippen LogP contribution < -0.4 is 0 Å². The molecule has 0 saturated carbocycles. The molecule has 88 valence electrons. The first-order valence-corrected chi connectivity index (χ1v) is 6.91. The van der Waals surface area contributed by atoms with Gasteiger partial charge in [0.1, 0.15) is 0 Å². The second-order valence-electron chi connectivity index (χ2n) is 3.46.